The van der Waals surface area contributed by atoms with Gasteiger partial charge < -0.3 is 5.11 Å². The van der Waals surface area contributed by atoms with Gasteiger partial charge in [-0.15, -0.1) is 0 Å². The maximum Gasteiger partial charge on any atom is 0.306 e. The molecule has 0 amide bonds. The molecule has 0 saturated heterocycles. The van der Waals surface area contributed by atoms with Gasteiger partial charge in [0.1, 0.15) is 0 Å². The number of aliphatic carboxylic acids is 1. The summed E-state index contributed by atoms with van der Waals surface area (Å²) in [4.78, 5) is 19.2. The van der Waals surface area contributed by atoms with Crippen LogP contribution in [-0.4, -0.2) is 30.8 Å². The van der Waals surface area contributed by atoms with Gasteiger partial charge in [-0.1, -0.05) is 6.42 Å². The molecule has 1 aliphatic rings. The smallest absolute Gasteiger partial charge is 0.306 e. The number of hydrogen-bond acceptors (Lipinski definition) is 4. The fraction of sp³-hybridized carbons (Fsp3) is 0.500. The summed E-state index contributed by atoms with van der Waals surface area (Å²) < 4.78 is 1.79. The molecule has 1 fully saturated rings. The Hall–Kier alpha value is -1.69. The van der Waals surface area contributed by atoms with E-state index in [1.807, 2.05) is 0 Å². The first kappa shape index (κ1) is 12.3. The Labute approximate surface area is 114 Å². The van der Waals surface area contributed by atoms with Gasteiger partial charge in [0.05, 0.1) is 23.5 Å². The van der Waals surface area contributed by atoms with E-state index in [4.69, 9.17) is 16.7 Å². The predicted octanol–water partition coefficient (Wildman–Crippen LogP) is 2.30. The first-order chi connectivity index (χ1) is 9.15. The van der Waals surface area contributed by atoms with Crippen LogP contribution in [0.15, 0.2) is 12.4 Å². The van der Waals surface area contributed by atoms with Crippen molar-refractivity contribution in [1.82, 2.24) is 19.7 Å². The zero-order valence-electron chi connectivity index (χ0n) is 10.2. The third kappa shape index (κ3) is 2.28. The largest absolute Gasteiger partial charge is 0.481 e. The number of hydrogen-bond donors (Lipinski definition) is 1. The van der Waals surface area contributed by atoms with Crippen molar-refractivity contribution in [2.45, 2.75) is 31.7 Å². The van der Waals surface area contributed by atoms with E-state index in [1.54, 1.807) is 17.1 Å². The predicted molar refractivity (Wildman–Crippen MR) is 69.0 cm³/mol. The topological polar surface area (TPSA) is 80.9 Å². The molecule has 0 radical (unpaired) electrons. The minimum Gasteiger partial charge on any atom is -0.481 e. The average Bonchev–Trinajstić information content (AvgIpc) is 2.81. The van der Waals surface area contributed by atoms with Crippen molar-refractivity contribution in [2.24, 2.45) is 5.92 Å². The molecular formula is C12H13ClN4O2. The summed E-state index contributed by atoms with van der Waals surface area (Å²) in [5, 5.41) is 14.5. The van der Waals surface area contributed by atoms with Crippen molar-refractivity contribution >= 4 is 28.6 Å². The van der Waals surface area contributed by atoms with Gasteiger partial charge >= 0.3 is 5.97 Å². The highest BCUT2D eigenvalue weighted by molar-refractivity contribution is 6.28. The summed E-state index contributed by atoms with van der Waals surface area (Å²) >= 11 is 5.81. The van der Waals surface area contributed by atoms with E-state index in [-0.39, 0.29) is 17.2 Å². The van der Waals surface area contributed by atoms with Gasteiger partial charge in [0, 0.05) is 6.20 Å². The molecule has 0 spiro atoms. The minimum atomic E-state index is -0.728. The number of carbonyl (C=O) groups is 1. The molecule has 0 unspecified atom stereocenters. The number of carboxylic acid groups (broad SMARTS) is 1. The van der Waals surface area contributed by atoms with Crippen molar-refractivity contribution in [2.75, 3.05) is 0 Å². The molecule has 19 heavy (non-hydrogen) atoms. The third-order valence-corrected chi connectivity index (χ3v) is 3.83. The van der Waals surface area contributed by atoms with Gasteiger partial charge in [0.15, 0.2) is 5.65 Å². The van der Waals surface area contributed by atoms with Crippen LogP contribution in [0.2, 0.25) is 5.28 Å². The Morgan fingerprint density at radius 1 is 1.42 bits per heavy atom. The number of carboxylic acids is 1. The Morgan fingerprint density at radius 2 is 2.26 bits per heavy atom. The molecule has 6 nitrogen and oxygen atoms in total. The lowest BCUT2D eigenvalue weighted by Gasteiger charge is -2.26. The zero-order valence-corrected chi connectivity index (χ0v) is 10.9. The van der Waals surface area contributed by atoms with Crippen LogP contribution in [0.4, 0.5) is 0 Å². The number of rotatable bonds is 2. The summed E-state index contributed by atoms with van der Waals surface area (Å²) in [7, 11) is 0. The number of aromatic nitrogens is 4. The maximum absolute atomic E-state index is 11.1. The molecule has 1 aliphatic carbocycles. The molecule has 1 N–H and O–H groups in total. The van der Waals surface area contributed by atoms with Crippen LogP contribution >= 0.6 is 11.6 Å². The van der Waals surface area contributed by atoms with Gasteiger partial charge in [-0.2, -0.15) is 10.1 Å². The fourth-order valence-corrected chi connectivity index (χ4v) is 2.82. The summed E-state index contributed by atoms with van der Waals surface area (Å²) in [6.45, 7) is 0. The maximum atomic E-state index is 11.1. The SMILES string of the molecule is O=C(O)[C@H]1CCC[C@H](n2ncc3cnc(Cl)nc32)C1. The van der Waals surface area contributed by atoms with Gasteiger partial charge in [-0.25, -0.2) is 9.67 Å². The normalized spacial score (nSPS) is 23.6. The molecule has 2 aromatic heterocycles. The Morgan fingerprint density at radius 3 is 3.05 bits per heavy atom. The van der Waals surface area contributed by atoms with Gasteiger partial charge in [0.25, 0.3) is 0 Å². The second-order valence-corrected chi connectivity index (χ2v) is 5.20. The highest BCUT2D eigenvalue weighted by atomic mass is 35.5. The van der Waals surface area contributed by atoms with E-state index in [1.165, 1.54) is 0 Å². The lowest BCUT2D eigenvalue weighted by Crippen LogP contribution is -2.25. The lowest BCUT2D eigenvalue weighted by atomic mass is 9.86. The first-order valence-electron chi connectivity index (χ1n) is 6.23. The van der Waals surface area contributed by atoms with Crippen molar-refractivity contribution < 1.29 is 9.90 Å². The van der Waals surface area contributed by atoms with E-state index in [0.29, 0.717) is 12.1 Å². The molecule has 2 heterocycles. The van der Waals surface area contributed by atoms with Crippen LogP contribution in [0.1, 0.15) is 31.7 Å². The summed E-state index contributed by atoms with van der Waals surface area (Å²) in [6.07, 6.45) is 6.46. The van der Waals surface area contributed by atoms with Crippen LogP contribution < -0.4 is 0 Å². The van der Waals surface area contributed by atoms with Crippen LogP contribution in [0.25, 0.3) is 11.0 Å². The van der Waals surface area contributed by atoms with E-state index < -0.39 is 5.97 Å². The van der Waals surface area contributed by atoms with E-state index >= 15 is 0 Å². The van der Waals surface area contributed by atoms with Crippen LogP contribution in [-0.2, 0) is 4.79 Å². The van der Waals surface area contributed by atoms with Crippen molar-refractivity contribution in [1.29, 1.82) is 0 Å². The molecule has 0 aliphatic heterocycles. The summed E-state index contributed by atoms with van der Waals surface area (Å²) in [5.74, 6) is -1.02. The van der Waals surface area contributed by atoms with Gasteiger partial charge in [-0.05, 0) is 30.9 Å². The second kappa shape index (κ2) is 4.77. The molecule has 2 atom stereocenters. The Bertz CT molecular complexity index is 627. The fourth-order valence-electron chi connectivity index (χ4n) is 2.69. The van der Waals surface area contributed by atoms with Crippen molar-refractivity contribution in [3.63, 3.8) is 0 Å². The quantitative estimate of drug-likeness (QED) is 0.854. The standard InChI is InChI=1S/C12H13ClN4O2/c13-12-14-5-8-6-15-17(10(8)16-12)9-3-1-2-7(4-9)11(18)19/h5-7,9H,1-4H2,(H,18,19)/t7-,9-/m0/s1. The molecule has 0 bridgehead atoms. The Balaban J connectivity index is 1.95. The monoisotopic (exact) mass is 280 g/mol. The summed E-state index contributed by atoms with van der Waals surface area (Å²) in [5.41, 5.74) is 0.677. The Kier molecular flexibility index (Phi) is 3.10. The summed E-state index contributed by atoms with van der Waals surface area (Å²) in [6, 6.07) is 0.0679. The van der Waals surface area contributed by atoms with E-state index in [9.17, 15) is 4.79 Å². The number of halogens is 1. The number of fused-ring (bicyclic) bond motifs is 1. The van der Waals surface area contributed by atoms with Crippen molar-refractivity contribution in [3.8, 4) is 0 Å². The lowest BCUT2D eigenvalue weighted by molar-refractivity contribution is -0.143. The highest BCUT2D eigenvalue weighted by Gasteiger charge is 2.29. The van der Waals surface area contributed by atoms with E-state index in [2.05, 4.69) is 15.1 Å². The van der Waals surface area contributed by atoms with Crippen molar-refractivity contribution in [3.05, 3.63) is 17.7 Å². The van der Waals surface area contributed by atoms with Gasteiger partial charge in [0.2, 0.25) is 5.28 Å². The third-order valence-electron chi connectivity index (χ3n) is 3.65. The molecular weight excluding hydrogens is 268 g/mol. The molecule has 2 aromatic rings. The van der Waals surface area contributed by atoms with Crippen LogP contribution in [0, 0.1) is 5.92 Å². The molecule has 7 heteroatoms. The number of nitrogens with zero attached hydrogens (tertiary/aromatic N) is 4. The second-order valence-electron chi connectivity index (χ2n) is 4.86. The molecule has 0 aromatic carbocycles. The molecule has 1 saturated carbocycles. The van der Waals surface area contributed by atoms with Crippen LogP contribution in [0.3, 0.4) is 0 Å². The van der Waals surface area contributed by atoms with Crippen LogP contribution in [0.5, 0.6) is 0 Å². The minimum absolute atomic E-state index is 0.0679. The highest BCUT2D eigenvalue weighted by Crippen LogP contribution is 2.33. The molecule has 3 rings (SSSR count). The average molecular weight is 281 g/mol. The van der Waals surface area contributed by atoms with Gasteiger partial charge in [-0.3, -0.25) is 4.79 Å². The molecule has 100 valence electrons. The van der Waals surface area contributed by atoms with E-state index in [0.717, 1.165) is 24.6 Å². The zero-order chi connectivity index (χ0) is 13.4. The first-order valence-corrected chi connectivity index (χ1v) is 6.61.